The van der Waals surface area contributed by atoms with Crippen molar-refractivity contribution in [2.24, 2.45) is 5.73 Å². The van der Waals surface area contributed by atoms with Crippen molar-refractivity contribution in [1.29, 1.82) is 0 Å². The highest BCUT2D eigenvalue weighted by Gasteiger charge is 2.11. The summed E-state index contributed by atoms with van der Waals surface area (Å²) < 4.78 is 9.92. The maximum Gasteiger partial charge on any atom is 0.228 e. The molecule has 1 rings (SSSR count). The van der Waals surface area contributed by atoms with Crippen LogP contribution < -0.4 is 11.1 Å². The summed E-state index contributed by atoms with van der Waals surface area (Å²) in [5.74, 6) is 1.01. The molecule has 1 unspecified atom stereocenters. The minimum atomic E-state index is -0.236. The van der Waals surface area contributed by atoms with Crippen LogP contribution in [0.3, 0.4) is 0 Å². The van der Waals surface area contributed by atoms with Crippen LogP contribution in [0.2, 0.25) is 0 Å². The first-order valence-electron chi connectivity index (χ1n) is 5.44. The Labute approximate surface area is 99.7 Å². The molecule has 0 aliphatic carbocycles. The molecule has 0 spiro atoms. The number of hydrogen-bond donors (Lipinski definition) is 2. The molecular weight excluding hydrogens is 224 g/mol. The highest BCUT2D eigenvalue weighted by Crippen LogP contribution is 1.97. The molecule has 0 aliphatic rings. The van der Waals surface area contributed by atoms with Crippen molar-refractivity contribution < 1.29 is 14.1 Å². The Balaban J connectivity index is 2.20. The lowest BCUT2D eigenvalue weighted by molar-refractivity contribution is -0.123. The number of rotatable bonds is 7. The highest BCUT2D eigenvalue weighted by atomic mass is 16.5. The molecule has 7 nitrogen and oxygen atoms in total. The molecule has 1 heterocycles. The van der Waals surface area contributed by atoms with Gasteiger partial charge in [0, 0.05) is 26.6 Å². The summed E-state index contributed by atoms with van der Waals surface area (Å²) in [6.07, 6.45) is 0.545. The molecule has 1 atom stereocenters. The third-order valence-corrected chi connectivity index (χ3v) is 2.24. The number of aryl methyl sites for hydroxylation is 1. The van der Waals surface area contributed by atoms with Gasteiger partial charge < -0.3 is 20.3 Å². The second-order valence-corrected chi connectivity index (χ2v) is 3.63. The summed E-state index contributed by atoms with van der Waals surface area (Å²) in [5.41, 5.74) is 5.42. The standard InChI is InChI=1S/C10H18N4O3/c1-7-13-10(17-14-7)3-4-12-9(15)5-8(6-11)16-2/h8H,3-6,11H2,1-2H3,(H,12,15). The van der Waals surface area contributed by atoms with E-state index < -0.39 is 0 Å². The molecular formula is C10H18N4O3. The maximum absolute atomic E-state index is 11.5. The summed E-state index contributed by atoms with van der Waals surface area (Å²) in [6.45, 7) is 2.53. The zero-order valence-corrected chi connectivity index (χ0v) is 10.1. The van der Waals surface area contributed by atoms with Gasteiger partial charge in [-0.25, -0.2) is 0 Å². The Morgan fingerprint density at radius 2 is 2.41 bits per heavy atom. The topological polar surface area (TPSA) is 103 Å². The molecule has 1 amide bonds. The van der Waals surface area contributed by atoms with Gasteiger partial charge in [-0.1, -0.05) is 5.16 Å². The van der Waals surface area contributed by atoms with E-state index in [0.29, 0.717) is 31.2 Å². The molecule has 96 valence electrons. The van der Waals surface area contributed by atoms with Gasteiger partial charge in [0.1, 0.15) is 0 Å². The smallest absolute Gasteiger partial charge is 0.228 e. The van der Waals surface area contributed by atoms with Gasteiger partial charge in [-0.05, 0) is 6.92 Å². The average Bonchev–Trinajstić information content (AvgIpc) is 2.72. The van der Waals surface area contributed by atoms with Gasteiger partial charge in [0.2, 0.25) is 11.8 Å². The predicted octanol–water partition coefficient (Wildman–Crippen LogP) is -0.599. The van der Waals surface area contributed by atoms with Crippen molar-refractivity contribution in [2.75, 3.05) is 20.2 Å². The third kappa shape index (κ3) is 4.92. The average molecular weight is 242 g/mol. The Morgan fingerprint density at radius 3 is 2.94 bits per heavy atom. The van der Waals surface area contributed by atoms with Gasteiger partial charge in [0.05, 0.1) is 12.5 Å². The summed E-state index contributed by atoms with van der Waals surface area (Å²) >= 11 is 0. The van der Waals surface area contributed by atoms with Gasteiger partial charge in [-0.15, -0.1) is 0 Å². The lowest BCUT2D eigenvalue weighted by Gasteiger charge is -2.11. The van der Waals surface area contributed by atoms with Gasteiger partial charge in [0.25, 0.3) is 0 Å². The molecule has 3 N–H and O–H groups in total. The molecule has 17 heavy (non-hydrogen) atoms. The number of nitrogens with one attached hydrogen (secondary N) is 1. The molecule has 0 aromatic carbocycles. The van der Waals surface area contributed by atoms with Crippen molar-refractivity contribution in [3.05, 3.63) is 11.7 Å². The third-order valence-electron chi connectivity index (χ3n) is 2.24. The van der Waals surface area contributed by atoms with E-state index in [-0.39, 0.29) is 18.4 Å². The van der Waals surface area contributed by atoms with Crippen LogP contribution in [0.25, 0.3) is 0 Å². The molecule has 0 saturated carbocycles. The number of hydrogen-bond acceptors (Lipinski definition) is 6. The Kier molecular flexibility index (Phi) is 5.58. The van der Waals surface area contributed by atoms with Crippen molar-refractivity contribution >= 4 is 5.91 Å². The van der Waals surface area contributed by atoms with Gasteiger partial charge in [0.15, 0.2) is 5.82 Å². The Bertz CT molecular complexity index is 349. The van der Waals surface area contributed by atoms with Crippen LogP contribution >= 0.6 is 0 Å². The number of methoxy groups -OCH3 is 1. The summed E-state index contributed by atoms with van der Waals surface area (Å²) in [7, 11) is 1.53. The van der Waals surface area contributed by atoms with Crippen LogP contribution in [0, 0.1) is 6.92 Å². The van der Waals surface area contributed by atoms with E-state index in [0.717, 1.165) is 0 Å². The molecule has 0 bridgehead atoms. The summed E-state index contributed by atoms with van der Waals surface area (Å²) in [5, 5.41) is 6.39. The number of ether oxygens (including phenoxy) is 1. The fourth-order valence-corrected chi connectivity index (χ4v) is 1.29. The molecule has 1 aromatic rings. The van der Waals surface area contributed by atoms with Crippen LogP contribution in [-0.4, -0.2) is 42.4 Å². The summed E-state index contributed by atoms with van der Waals surface area (Å²) in [6, 6.07) is 0. The van der Waals surface area contributed by atoms with E-state index >= 15 is 0 Å². The maximum atomic E-state index is 11.5. The zero-order chi connectivity index (χ0) is 12.7. The Morgan fingerprint density at radius 1 is 1.65 bits per heavy atom. The minimum absolute atomic E-state index is 0.0986. The lowest BCUT2D eigenvalue weighted by Crippen LogP contribution is -2.33. The van der Waals surface area contributed by atoms with E-state index in [4.69, 9.17) is 15.0 Å². The zero-order valence-electron chi connectivity index (χ0n) is 10.1. The van der Waals surface area contributed by atoms with E-state index in [2.05, 4.69) is 15.5 Å². The number of carbonyl (C=O) groups is 1. The largest absolute Gasteiger partial charge is 0.380 e. The molecule has 0 fully saturated rings. The van der Waals surface area contributed by atoms with Crippen LogP contribution in [-0.2, 0) is 16.0 Å². The quantitative estimate of drug-likeness (QED) is 0.661. The van der Waals surface area contributed by atoms with E-state index in [9.17, 15) is 4.79 Å². The minimum Gasteiger partial charge on any atom is -0.380 e. The fraction of sp³-hybridized carbons (Fsp3) is 0.700. The number of carbonyl (C=O) groups excluding carboxylic acids is 1. The van der Waals surface area contributed by atoms with Crippen molar-refractivity contribution in [1.82, 2.24) is 15.5 Å². The van der Waals surface area contributed by atoms with E-state index in [1.807, 2.05) is 0 Å². The molecule has 7 heteroatoms. The second kappa shape index (κ2) is 6.97. The second-order valence-electron chi connectivity index (χ2n) is 3.63. The monoisotopic (exact) mass is 242 g/mol. The predicted molar refractivity (Wildman–Crippen MR) is 60.2 cm³/mol. The van der Waals surface area contributed by atoms with Crippen LogP contribution in [0.4, 0.5) is 0 Å². The first kappa shape index (κ1) is 13.6. The molecule has 0 radical (unpaired) electrons. The Hall–Kier alpha value is -1.47. The van der Waals surface area contributed by atoms with Crippen LogP contribution in [0.15, 0.2) is 4.52 Å². The molecule has 1 aromatic heterocycles. The SMILES string of the molecule is COC(CN)CC(=O)NCCc1nc(C)no1. The molecule has 0 aliphatic heterocycles. The normalized spacial score (nSPS) is 12.4. The number of nitrogens with two attached hydrogens (primary N) is 1. The summed E-state index contributed by atoms with van der Waals surface area (Å²) in [4.78, 5) is 15.5. The lowest BCUT2D eigenvalue weighted by atomic mass is 10.2. The van der Waals surface area contributed by atoms with Gasteiger partial charge in [-0.3, -0.25) is 4.79 Å². The first-order valence-corrected chi connectivity index (χ1v) is 5.44. The van der Waals surface area contributed by atoms with Crippen molar-refractivity contribution in [3.8, 4) is 0 Å². The molecule has 0 saturated heterocycles. The van der Waals surface area contributed by atoms with Crippen LogP contribution in [0.5, 0.6) is 0 Å². The highest BCUT2D eigenvalue weighted by molar-refractivity contribution is 5.76. The van der Waals surface area contributed by atoms with Gasteiger partial charge in [-0.2, -0.15) is 4.98 Å². The van der Waals surface area contributed by atoms with E-state index in [1.54, 1.807) is 6.92 Å². The number of amides is 1. The van der Waals surface area contributed by atoms with Crippen LogP contribution in [0.1, 0.15) is 18.1 Å². The number of aromatic nitrogens is 2. The van der Waals surface area contributed by atoms with Crippen molar-refractivity contribution in [2.45, 2.75) is 25.9 Å². The van der Waals surface area contributed by atoms with Crippen molar-refractivity contribution in [3.63, 3.8) is 0 Å². The van der Waals surface area contributed by atoms with Gasteiger partial charge >= 0.3 is 0 Å². The fourth-order valence-electron chi connectivity index (χ4n) is 1.29. The first-order chi connectivity index (χ1) is 8.15. The number of nitrogens with zero attached hydrogens (tertiary/aromatic N) is 2. The van der Waals surface area contributed by atoms with E-state index in [1.165, 1.54) is 7.11 Å².